The summed E-state index contributed by atoms with van der Waals surface area (Å²) < 4.78 is 0. The molecule has 5 nitrogen and oxygen atoms in total. The summed E-state index contributed by atoms with van der Waals surface area (Å²) in [4.78, 5) is 23.6. The Morgan fingerprint density at radius 1 is 0.957 bits per heavy atom. The first kappa shape index (κ1) is 16.4. The minimum atomic E-state index is -0.811. The molecule has 0 bridgehead atoms. The molecule has 2 rings (SSSR count). The average molecular weight is 309 g/mol. The normalized spacial score (nSPS) is 10.6. The van der Waals surface area contributed by atoms with E-state index in [-0.39, 0.29) is 0 Å². The van der Waals surface area contributed by atoms with Crippen LogP contribution in [0.1, 0.15) is 22.3 Å². The largest absolute Gasteiger partial charge is 0.329 e. The Morgan fingerprint density at radius 3 is 2.35 bits per heavy atom. The van der Waals surface area contributed by atoms with Crippen molar-refractivity contribution >= 4 is 23.7 Å². The lowest BCUT2D eigenvalue weighted by molar-refractivity contribution is -0.136. The highest BCUT2D eigenvalue weighted by atomic mass is 16.2. The summed E-state index contributed by atoms with van der Waals surface area (Å²) in [5.41, 5.74) is 6.78. The monoisotopic (exact) mass is 309 g/mol. The minimum absolute atomic E-state index is 0.618. The molecule has 0 saturated carbocycles. The molecule has 0 radical (unpaired) electrons. The molecule has 5 heteroatoms. The summed E-state index contributed by atoms with van der Waals surface area (Å²) in [6.45, 7) is 5.82. The smallest absolute Gasteiger partial charge is 0.317 e. The summed E-state index contributed by atoms with van der Waals surface area (Å²) >= 11 is 0. The molecule has 0 aliphatic rings. The third-order valence-corrected chi connectivity index (χ3v) is 3.52. The van der Waals surface area contributed by atoms with Crippen molar-refractivity contribution in [3.8, 4) is 0 Å². The van der Waals surface area contributed by atoms with Gasteiger partial charge < -0.3 is 5.32 Å². The fourth-order valence-electron chi connectivity index (χ4n) is 1.93. The first-order chi connectivity index (χ1) is 11.0. The van der Waals surface area contributed by atoms with Gasteiger partial charge in [0.25, 0.3) is 0 Å². The van der Waals surface area contributed by atoms with E-state index in [4.69, 9.17) is 0 Å². The molecule has 0 aliphatic heterocycles. The molecule has 0 aromatic heterocycles. The molecule has 0 atom stereocenters. The molecule has 0 spiro atoms. The topological polar surface area (TPSA) is 70.6 Å². The molecule has 2 aromatic carbocycles. The molecule has 2 aromatic rings. The van der Waals surface area contributed by atoms with E-state index in [1.54, 1.807) is 6.07 Å². The zero-order valence-electron chi connectivity index (χ0n) is 13.4. The van der Waals surface area contributed by atoms with Crippen molar-refractivity contribution in [1.29, 1.82) is 0 Å². The lowest BCUT2D eigenvalue weighted by Gasteiger charge is -2.09. The first-order valence-corrected chi connectivity index (χ1v) is 7.24. The Kier molecular flexibility index (Phi) is 5.25. The number of hydrogen-bond acceptors (Lipinski definition) is 3. The summed E-state index contributed by atoms with van der Waals surface area (Å²) in [5.74, 6) is -1.56. The lowest BCUT2D eigenvalue weighted by Crippen LogP contribution is -2.32. The van der Waals surface area contributed by atoms with Gasteiger partial charge in [-0.25, -0.2) is 5.43 Å². The summed E-state index contributed by atoms with van der Waals surface area (Å²) in [5, 5.41) is 6.37. The SMILES string of the molecule is Cc1ccc(/C=N\NC(=O)C(=O)Nc2cccc(C)c2C)cc1. The second-order valence-corrected chi connectivity index (χ2v) is 5.31. The predicted molar refractivity (Wildman–Crippen MR) is 91.5 cm³/mol. The number of amides is 2. The summed E-state index contributed by atoms with van der Waals surface area (Å²) in [6.07, 6.45) is 1.49. The quantitative estimate of drug-likeness (QED) is 0.520. The molecule has 0 heterocycles. The molecule has 0 fully saturated rings. The maximum absolute atomic E-state index is 11.9. The Morgan fingerprint density at radius 2 is 1.65 bits per heavy atom. The number of hydrazone groups is 1. The Labute approximate surface area is 135 Å². The molecule has 23 heavy (non-hydrogen) atoms. The van der Waals surface area contributed by atoms with Crippen LogP contribution in [-0.2, 0) is 9.59 Å². The fourth-order valence-corrected chi connectivity index (χ4v) is 1.93. The number of rotatable bonds is 3. The Hall–Kier alpha value is -2.95. The van der Waals surface area contributed by atoms with Crippen molar-refractivity contribution in [3.05, 3.63) is 64.7 Å². The second-order valence-electron chi connectivity index (χ2n) is 5.31. The van der Waals surface area contributed by atoms with Crippen LogP contribution < -0.4 is 10.7 Å². The Balaban J connectivity index is 1.94. The van der Waals surface area contributed by atoms with Crippen LogP contribution in [0.3, 0.4) is 0 Å². The Bertz CT molecular complexity index is 749. The van der Waals surface area contributed by atoms with Gasteiger partial charge in [-0.3, -0.25) is 9.59 Å². The highest BCUT2D eigenvalue weighted by molar-refractivity contribution is 6.39. The number of anilines is 1. The van der Waals surface area contributed by atoms with Crippen LogP contribution in [0.15, 0.2) is 47.6 Å². The van der Waals surface area contributed by atoms with Crippen LogP contribution in [0.2, 0.25) is 0 Å². The van der Waals surface area contributed by atoms with E-state index in [0.29, 0.717) is 5.69 Å². The van der Waals surface area contributed by atoms with Gasteiger partial charge in [-0.15, -0.1) is 0 Å². The van der Waals surface area contributed by atoms with Crippen molar-refractivity contribution < 1.29 is 9.59 Å². The van der Waals surface area contributed by atoms with E-state index in [1.807, 2.05) is 57.2 Å². The molecule has 0 saturated heterocycles. The van der Waals surface area contributed by atoms with Crippen molar-refractivity contribution in [1.82, 2.24) is 5.43 Å². The van der Waals surface area contributed by atoms with Crippen molar-refractivity contribution in [3.63, 3.8) is 0 Å². The van der Waals surface area contributed by atoms with Gasteiger partial charge in [-0.1, -0.05) is 42.0 Å². The van der Waals surface area contributed by atoms with Gasteiger partial charge in [0.2, 0.25) is 0 Å². The van der Waals surface area contributed by atoms with E-state index >= 15 is 0 Å². The van der Waals surface area contributed by atoms with Crippen LogP contribution in [0, 0.1) is 20.8 Å². The number of nitrogens with zero attached hydrogens (tertiary/aromatic N) is 1. The highest BCUT2D eigenvalue weighted by Crippen LogP contribution is 2.17. The minimum Gasteiger partial charge on any atom is -0.317 e. The molecular weight excluding hydrogens is 290 g/mol. The molecule has 0 aliphatic carbocycles. The fraction of sp³-hybridized carbons (Fsp3) is 0.167. The van der Waals surface area contributed by atoms with E-state index in [1.165, 1.54) is 6.21 Å². The van der Waals surface area contributed by atoms with E-state index in [9.17, 15) is 9.59 Å². The van der Waals surface area contributed by atoms with Crippen LogP contribution in [0.5, 0.6) is 0 Å². The number of benzene rings is 2. The molecule has 2 amide bonds. The predicted octanol–water partition coefficient (Wildman–Crippen LogP) is 2.70. The zero-order chi connectivity index (χ0) is 16.8. The van der Waals surface area contributed by atoms with E-state index < -0.39 is 11.8 Å². The third-order valence-electron chi connectivity index (χ3n) is 3.52. The van der Waals surface area contributed by atoms with Gasteiger partial charge in [-0.05, 0) is 43.5 Å². The van der Waals surface area contributed by atoms with Crippen LogP contribution >= 0.6 is 0 Å². The van der Waals surface area contributed by atoms with Gasteiger partial charge in [0, 0.05) is 5.69 Å². The van der Waals surface area contributed by atoms with Gasteiger partial charge in [-0.2, -0.15) is 5.10 Å². The number of carbonyl (C=O) groups excluding carboxylic acids is 2. The number of aryl methyl sites for hydroxylation is 2. The number of nitrogens with one attached hydrogen (secondary N) is 2. The highest BCUT2D eigenvalue weighted by Gasteiger charge is 2.14. The second kappa shape index (κ2) is 7.35. The van der Waals surface area contributed by atoms with E-state index in [0.717, 1.165) is 22.3 Å². The first-order valence-electron chi connectivity index (χ1n) is 7.24. The average Bonchev–Trinajstić information content (AvgIpc) is 2.53. The molecule has 0 unspecified atom stereocenters. The number of hydrogen-bond donors (Lipinski definition) is 2. The molecule has 118 valence electrons. The van der Waals surface area contributed by atoms with Gasteiger partial charge in [0.1, 0.15) is 0 Å². The summed E-state index contributed by atoms with van der Waals surface area (Å²) in [7, 11) is 0. The zero-order valence-corrected chi connectivity index (χ0v) is 13.4. The van der Waals surface area contributed by atoms with Gasteiger partial charge in [0.15, 0.2) is 0 Å². The summed E-state index contributed by atoms with van der Waals surface area (Å²) in [6, 6.07) is 13.2. The van der Waals surface area contributed by atoms with Crippen molar-refractivity contribution in [2.45, 2.75) is 20.8 Å². The van der Waals surface area contributed by atoms with Crippen molar-refractivity contribution in [2.24, 2.45) is 5.10 Å². The standard InChI is InChI=1S/C18H19N3O2/c1-12-7-9-15(10-8-12)11-19-21-18(23)17(22)20-16-6-4-5-13(2)14(16)3/h4-11H,1-3H3,(H,20,22)(H,21,23)/b19-11-. The third kappa shape index (κ3) is 4.51. The van der Waals surface area contributed by atoms with Crippen LogP contribution in [-0.4, -0.2) is 18.0 Å². The molecular formula is C18H19N3O2. The van der Waals surface area contributed by atoms with Gasteiger partial charge >= 0.3 is 11.8 Å². The van der Waals surface area contributed by atoms with Crippen LogP contribution in [0.4, 0.5) is 5.69 Å². The maximum atomic E-state index is 11.9. The maximum Gasteiger partial charge on any atom is 0.329 e. The van der Waals surface area contributed by atoms with E-state index in [2.05, 4.69) is 15.8 Å². The molecule has 2 N–H and O–H groups in total. The lowest BCUT2D eigenvalue weighted by atomic mass is 10.1. The number of carbonyl (C=O) groups is 2. The van der Waals surface area contributed by atoms with Crippen molar-refractivity contribution in [2.75, 3.05) is 5.32 Å². The van der Waals surface area contributed by atoms with Gasteiger partial charge in [0.05, 0.1) is 6.21 Å². The van der Waals surface area contributed by atoms with Crippen LogP contribution in [0.25, 0.3) is 0 Å².